The van der Waals surface area contributed by atoms with Gasteiger partial charge >= 0.3 is 5.97 Å². The van der Waals surface area contributed by atoms with Gasteiger partial charge in [-0.05, 0) is 12.5 Å². The molecule has 4 nitrogen and oxygen atoms in total. The fourth-order valence-corrected chi connectivity index (χ4v) is 1.32. The number of nitrogen functional groups attached to an aromatic ring is 1. The van der Waals surface area contributed by atoms with E-state index >= 15 is 0 Å². The monoisotopic (exact) mass is 196 g/mol. The highest BCUT2D eigenvalue weighted by atomic mass is 16.5. The maximum atomic E-state index is 11.3. The second-order valence-corrected chi connectivity index (χ2v) is 3.20. The van der Waals surface area contributed by atoms with Crippen LogP contribution < -0.4 is 5.73 Å². The number of carbonyl (C=O) groups excluding carboxylic acids is 1. The molecule has 0 radical (unpaired) electrons. The first-order chi connectivity index (χ1) is 6.69. The first kappa shape index (κ1) is 10.6. The van der Waals surface area contributed by atoms with Crippen LogP contribution in [0.2, 0.25) is 0 Å². The second-order valence-electron chi connectivity index (χ2n) is 3.20. The molecule has 0 aliphatic rings. The van der Waals surface area contributed by atoms with Crippen molar-refractivity contribution in [2.75, 3.05) is 12.8 Å². The van der Waals surface area contributed by atoms with Crippen molar-refractivity contribution >= 4 is 11.7 Å². The third kappa shape index (κ3) is 2.28. The average molecular weight is 196 g/mol. The van der Waals surface area contributed by atoms with Gasteiger partial charge in [-0.3, -0.25) is 0 Å². The van der Waals surface area contributed by atoms with E-state index in [1.807, 2.05) is 4.57 Å². The largest absolute Gasteiger partial charge is 0.464 e. The summed E-state index contributed by atoms with van der Waals surface area (Å²) in [4.78, 5) is 11.3. The normalized spacial score (nSPS) is 10.1. The van der Waals surface area contributed by atoms with Gasteiger partial charge < -0.3 is 15.0 Å². The molecule has 1 heterocycles. The summed E-state index contributed by atoms with van der Waals surface area (Å²) in [6.07, 6.45) is 3.87. The minimum atomic E-state index is -0.335. The van der Waals surface area contributed by atoms with Crippen LogP contribution in [0.25, 0.3) is 0 Å². The average Bonchev–Trinajstić information content (AvgIpc) is 2.55. The molecule has 78 valence electrons. The van der Waals surface area contributed by atoms with Gasteiger partial charge in [0.2, 0.25) is 0 Å². The van der Waals surface area contributed by atoms with Crippen molar-refractivity contribution < 1.29 is 9.53 Å². The summed E-state index contributed by atoms with van der Waals surface area (Å²) in [7, 11) is 1.37. The summed E-state index contributed by atoms with van der Waals surface area (Å²) in [5, 5.41) is 0. The number of anilines is 1. The Bertz CT molecular complexity index is 318. The number of aryl methyl sites for hydroxylation is 1. The van der Waals surface area contributed by atoms with Gasteiger partial charge in [0.25, 0.3) is 0 Å². The minimum Gasteiger partial charge on any atom is -0.464 e. The van der Waals surface area contributed by atoms with Crippen molar-refractivity contribution in [1.29, 1.82) is 0 Å². The fraction of sp³-hybridized carbons (Fsp3) is 0.500. The van der Waals surface area contributed by atoms with Crippen LogP contribution in [-0.4, -0.2) is 17.6 Å². The van der Waals surface area contributed by atoms with Crippen LogP contribution in [-0.2, 0) is 11.3 Å². The number of carbonyl (C=O) groups is 1. The lowest BCUT2D eigenvalue weighted by molar-refractivity contribution is 0.0588. The molecule has 0 atom stereocenters. The van der Waals surface area contributed by atoms with E-state index in [1.54, 1.807) is 12.3 Å². The number of aromatic nitrogens is 1. The van der Waals surface area contributed by atoms with Crippen LogP contribution in [0.5, 0.6) is 0 Å². The molecule has 0 fully saturated rings. The zero-order valence-electron chi connectivity index (χ0n) is 8.62. The standard InChI is InChI=1S/C10H16N2O2/c1-3-4-5-12-7-8(11)6-9(12)10(13)14-2/h6-7H,3-5,11H2,1-2H3. The number of rotatable bonds is 4. The number of methoxy groups -OCH3 is 1. The Morgan fingerprint density at radius 3 is 2.93 bits per heavy atom. The van der Waals surface area contributed by atoms with E-state index in [0.29, 0.717) is 11.4 Å². The van der Waals surface area contributed by atoms with E-state index in [1.165, 1.54) is 7.11 Å². The molecule has 0 aliphatic carbocycles. The minimum absolute atomic E-state index is 0.335. The predicted octanol–water partition coefficient (Wildman–Crippen LogP) is 1.66. The van der Waals surface area contributed by atoms with Gasteiger partial charge in [-0.1, -0.05) is 13.3 Å². The van der Waals surface area contributed by atoms with Crippen LogP contribution in [0.4, 0.5) is 5.69 Å². The van der Waals surface area contributed by atoms with Gasteiger partial charge in [-0.25, -0.2) is 4.79 Å². The zero-order chi connectivity index (χ0) is 10.6. The number of esters is 1. The highest BCUT2D eigenvalue weighted by molar-refractivity contribution is 5.88. The first-order valence-electron chi connectivity index (χ1n) is 4.73. The second kappa shape index (κ2) is 4.69. The summed E-state index contributed by atoms with van der Waals surface area (Å²) in [6.45, 7) is 2.91. The Hall–Kier alpha value is -1.45. The van der Waals surface area contributed by atoms with Crippen molar-refractivity contribution in [3.05, 3.63) is 18.0 Å². The third-order valence-corrected chi connectivity index (χ3v) is 2.06. The SMILES string of the molecule is CCCCn1cc(N)cc1C(=O)OC. The molecule has 0 bridgehead atoms. The molecule has 0 spiro atoms. The molecule has 4 heteroatoms. The number of hydrogen-bond acceptors (Lipinski definition) is 3. The van der Waals surface area contributed by atoms with E-state index in [2.05, 4.69) is 11.7 Å². The number of unbranched alkanes of at least 4 members (excludes halogenated alkanes) is 1. The topological polar surface area (TPSA) is 57.2 Å². The summed E-state index contributed by atoms with van der Waals surface area (Å²) in [5.74, 6) is -0.335. The summed E-state index contributed by atoms with van der Waals surface area (Å²) in [5.41, 5.74) is 6.74. The van der Waals surface area contributed by atoms with Crippen LogP contribution in [0.15, 0.2) is 12.3 Å². The fourth-order valence-electron chi connectivity index (χ4n) is 1.32. The molecule has 0 saturated carbocycles. The lowest BCUT2D eigenvalue weighted by Gasteiger charge is -2.05. The maximum Gasteiger partial charge on any atom is 0.354 e. The third-order valence-electron chi connectivity index (χ3n) is 2.06. The van der Waals surface area contributed by atoms with E-state index in [-0.39, 0.29) is 5.97 Å². The highest BCUT2D eigenvalue weighted by Gasteiger charge is 2.12. The van der Waals surface area contributed by atoms with Gasteiger partial charge in [0.05, 0.1) is 12.8 Å². The van der Waals surface area contributed by atoms with Crippen LogP contribution in [0, 0.1) is 0 Å². The molecule has 0 saturated heterocycles. The molecule has 0 unspecified atom stereocenters. The van der Waals surface area contributed by atoms with Crippen LogP contribution in [0.3, 0.4) is 0 Å². The Labute approximate surface area is 83.7 Å². The van der Waals surface area contributed by atoms with E-state index in [4.69, 9.17) is 5.73 Å². The number of ether oxygens (including phenoxy) is 1. The molecular weight excluding hydrogens is 180 g/mol. The van der Waals surface area contributed by atoms with Crippen molar-refractivity contribution in [3.8, 4) is 0 Å². The van der Waals surface area contributed by atoms with E-state index in [0.717, 1.165) is 19.4 Å². The zero-order valence-corrected chi connectivity index (χ0v) is 8.62. The Balaban J connectivity index is 2.85. The smallest absolute Gasteiger partial charge is 0.354 e. The van der Waals surface area contributed by atoms with E-state index in [9.17, 15) is 4.79 Å². The van der Waals surface area contributed by atoms with Crippen molar-refractivity contribution in [1.82, 2.24) is 4.57 Å². The summed E-state index contributed by atoms with van der Waals surface area (Å²) >= 11 is 0. The molecule has 1 aromatic heterocycles. The molecular formula is C10H16N2O2. The molecule has 2 N–H and O–H groups in total. The Morgan fingerprint density at radius 2 is 2.36 bits per heavy atom. The van der Waals surface area contributed by atoms with Gasteiger partial charge in [0.1, 0.15) is 5.69 Å². The molecule has 1 aromatic rings. The molecule has 1 rings (SSSR count). The number of hydrogen-bond donors (Lipinski definition) is 1. The molecule has 0 amide bonds. The van der Waals surface area contributed by atoms with Gasteiger partial charge in [-0.2, -0.15) is 0 Å². The quantitative estimate of drug-likeness (QED) is 0.745. The van der Waals surface area contributed by atoms with Crippen molar-refractivity contribution in [3.63, 3.8) is 0 Å². The summed E-state index contributed by atoms with van der Waals surface area (Å²) < 4.78 is 6.49. The summed E-state index contributed by atoms with van der Waals surface area (Å²) in [6, 6.07) is 1.64. The first-order valence-corrected chi connectivity index (χ1v) is 4.73. The van der Waals surface area contributed by atoms with Crippen molar-refractivity contribution in [2.24, 2.45) is 0 Å². The molecule has 0 aromatic carbocycles. The van der Waals surface area contributed by atoms with E-state index < -0.39 is 0 Å². The molecule has 14 heavy (non-hydrogen) atoms. The lowest BCUT2D eigenvalue weighted by atomic mass is 10.3. The van der Waals surface area contributed by atoms with Crippen LogP contribution in [0.1, 0.15) is 30.3 Å². The van der Waals surface area contributed by atoms with Crippen molar-refractivity contribution in [2.45, 2.75) is 26.3 Å². The van der Waals surface area contributed by atoms with Gasteiger partial charge in [-0.15, -0.1) is 0 Å². The predicted molar refractivity (Wildman–Crippen MR) is 55.1 cm³/mol. The van der Waals surface area contributed by atoms with Crippen LogP contribution >= 0.6 is 0 Å². The van der Waals surface area contributed by atoms with Gasteiger partial charge in [0.15, 0.2) is 0 Å². The highest BCUT2D eigenvalue weighted by Crippen LogP contribution is 2.12. The molecule has 0 aliphatic heterocycles. The maximum absolute atomic E-state index is 11.3. The number of nitrogens with two attached hydrogens (primary N) is 1. The number of nitrogens with zero attached hydrogens (tertiary/aromatic N) is 1. The lowest BCUT2D eigenvalue weighted by Crippen LogP contribution is -2.09. The van der Waals surface area contributed by atoms with Gasteiger partial charge in [0, 0.05) is 12.7 Å². The Morgan fingerprint density at radius 1 is 1.64 bits per heavy atom. The Kier molecular flexibility index (Phi) is 3.56.